The molecule has 0 radical (unpaired) electrons. The van der Waals surface area contributed by atoms with Gasteiger partial charge in [0, 0.05) is 22.4 Å². The Morgan fingerprint density at radius 1 is 0.413 bits per heavy atom. The highest BCUT2D eigenvalue weighted by Gasteiger charge is 2.84. The fourth-order valence-corrected chi connectivity index (χ4v) is 16.1. The molecule has 0 amide bonds. The van der Waals surface area contributed by atoms with Crippen LogP contribution in [0.1, 0.15) is 140 Å². The standard InChI is InChI=1S/C62H65N/c1-57(2)26-28-59(5,6)52-32-41(20-24-49(52)57)39-18-21-43(22-19-39)63(44-23-25-50-53(34-44)60(7,8)29-27-58(50,3)4)54-36-51-47(35-46(54)40-14-10-9-11-15-40)45-16-12-13-17-48(45)62(51)55-31-38-30-42-33-56(62)61(42,55)37-38/h9-25,32,34-36,38,42,55-56H,26-31,33,37H2,1-8H3. The fourth-order valence-electron chi connectivity index (χ4n) is 16.1. The third-order valence-corrected chi connectivity index (χ3v) is 19.5. The number of hydrogen-bond acceptors (Lipinski definition) is 1. The molecule has 1 heteroatoms. The lowest BCUT2D eigenvalue weighted by Crippen LogP contribution is -2.73. The second kappa shape index (κ2) is 12.5. The van der Waals surface area contributed by atoms with Crippen molar-refractivity contribution in [1.29, 1.82) is 0 Å². The first kappa shape index (κ1) is 38.6. The third kappa shape index (κ3) is 4.96. The summed E-state index contributed by atoms with van der Waals surface area (Å²) < 4.78 is 0. The molecule has 0 aliphatic heterocycles. The van der Waals surface area contributed by atoms with Gasteiger partial charge < -0.3 is 4.90 Å². The molecular weight excluding hydrogens is 759 g/mol. The number of nitrogens with zero attached hydrogens (tertiary/aromatic N) is 1. The third-order valence-electron chi connectivity index (χ3n) is 19.5. The highest BCUT2D eigenvalue weighted by molar-refractivity contribution is 5.96. The largest absolute Gasteiger partial charge is 0.310 e. The molecule has 6 aromatic carbocycles. The Bertz CT molecular complexity index is 2890. The zero-order valence-corrected chi connectivity index (χ0v) is 39.0. The highest BCUT2D eigenvalue weighted by atomic mass is 15.1. The maximum atomic E-state index is 2.74. The van der Waals surface area contributed by atoms with Crippen molar-refractivity contribution in [2.75, 3.05) is 4.90 Å². The molecule has 0 aromatic heterocycles. The molecule has 2 bridgehead atoms. The summed E-state index contributed by atoms with van der Waals surface area (Å²) in [5.41, 5.74) is 22.6. The van der Waals surface area contributed by atoms with Crippen LogP contribution in [-0.2, 0) is 27.1 Å². The lowest BCUT2D eigenvalue weighted by Gasteiger charge is -2.76. The topological polar surface area (TPSA) is 3.24 Å². The van der Waals surface area contributed by atoms with Crippen LogP contribution < -0.4 is 4.90 Å². The molecule has 6 atom stereocenters. The van der Waals surface area contributed by atoms with E-state index in [1.807, 2.05) is 0 Å². The molecule has 0 N–H and O–H groups in total. The Morgan fingerprint density at radius 3 is 1.70 bits per heavy atom. The predicted molar refractivity (Wildman–Crippen MR) is 264 cm³/mol. The number of rotatable bonds is 5. The van der Waals surface area contributed by atoms with Crippen LogP contribution in [0.5, 0.6) is 0 Å². The average Bonchev–Trinajstić information content (AvgIpc) is 3.91. The molecule has 1 nitrogen and oxygen atoms in total. The molecule has 318 valence electrons. The van der Waals surface area contributed by atoms with E-state index in [-0.39, 0.29) is 27.1 Å². The molecule has 4 fully saturated rings. The van der Waals surface area contributed by atoms with E-state index in [2.05, 4.69) is 188 Å². The highest BCUT2D eigenvalue weighted by Crippen LogP contribution is 2.89. The van der Waals surface area contributed by atoms with Crippen LogP contribution in [0.3, 0.4) is 0 Å². The fraction of sp³-hybridized carbons (Fsp3) is 0.419. The van der Waals surface area contributed by atoms with Crippen molar-refractivity contribution in [1.82, 2.24) is 0 Å². The molecule has 6 aromatic rings. The van der Waals surface area contributed by atoms with Gasteiger partial charge in [-0.05, 0) is 200 Å². The summed E-state index contributed by atoms with van der Waals surface area (Å²) in [4.78, 5) is 2.67. The average molecular weight is 824 g/mol. The maximum Gasteiger partial charge on any atom is 0.0543 e. The van der Waals surface area contributed by atoms with E-state index in [9.17, 15) is 0 Å². The van der Waals surface area contributed by atoms with Gasteiger partial charge in [-0.2, -0.15) is 0 Å². The van der Waals surface area contributed by atoms with Crippen molar-refractivity contribution in [2.24, 2.45) is 29.1 Å². The molecule has 4 saturated carbocycles. The van der Waals surface area contributed by atoms with Gasteiger partial charge in [-0.1, -0.05) is 146 Å². The van der Waals surface area contributed by atoms with Crippen LogP contribution in [0, 0.1) is 29.1 Å². The second-order valence-electron chi connectivity index (χ2n) is 24.3. The minimum atomic E-state index is 0.0971. The van der Waals surface area contributed by atoms with Crippen LogP contribution in [0.2, 0.25) is 0 Å². The summed E-state index contributed by atoms with van der Waals surface area (Å²) in [6.45, 7) is 19.6. The summed E-state index contributed by atoms with van der Waals surface area (Å²) in [5, 5.41) is 0. The molecule has 63 heavy (non-hydrogen) atoms. The van der Waals surface area contributed by atoms with Crippen molar-refractivity contribution >= 4 is 17.1 Å². The van der Waals surface area contributed by atoms with Gasteiger partial charge in [-0.15, -0.1) is 0 Å². The maximum absolute atomic E-state index is 2.74. The van der Waals surface area contributed by atoms with Crippen molar-refractivity contribution in [2.45, 2.75) is 134 Å². The monoisotopic (exact) mass is 824 g/mol. The van der Waals surface area contributed by atoms with E-state index in [1.54, 1.807) is 11.1 Å². The number of benzene rings is 6. The normalized spacial score (nSPS) is 29.7. The van der Waals surface area contributed by atoms with Crippen molar-refractivity contribution in [3.63, 3.8) is 0 Å². The van der Waals surface area contributed by atoms with Crippen molar-refractivity contribution in [3.8, 4) is 33.4 Å². The van der Waals surface area contributed by atoms with E-state index in [0.717, 1.165) is 23.7 Å². The first-order chi connectivity index (χ1) is 30.1. The molecule has 7 aliphatic rings. The van der Waals surface area contributed by atoms with Gasteiger partial charge in [-0.25, -0.2) is 0 Å². The van der Waals surface area contributed by atoms with Crippen LogP contribution in [0.15, 0.2) is 127 Å². The van der Waals surface area contributed by atoms with Crippen LogP contribution >= 0.6 is 0 Å². The summed E-state index contributed by atoms with van der Waals surface area (Å²) in [6, 6.07) is 50.9. The molecule has 2 spiro atoms. The summed E-state index contributed by atoms with van der Waals surface area (Å²) in [7, 11) is 0. The van der Waals surface area contributed by atoms with E-state index >= 15 is 0 Å². The number of fused-ring (bicyclic) bond motifs is 10. The molecule has 6 unspecified atom stereocenters. The van der Waals surface area contributed by atoms with Crippen LogP contribution in [0.4, 0.5) is 17.1 Å². The SMILES string of the molecule is CC1(C)CCC(C)(C)c2cc(-c3ccc(N(c4ccc5c(c4)C(C)(C)CCC5(C)C)c4cc5c(cc4-c4ccccc4)-c4ccccc4C54C5CC6CC7CC4C75C6)cc3)ccc21. The Labute approximate surface area is 377 Å². The smallest absolute Gasteiger partial charge is 0.0543 e. The molecule has 7 aliphatic carbocycles. The number of hydrogen-bond donors (Lipinski definition) is 0. The summed E-state index contributed by atoms with van der Waals surface area (Å²) in [5.74, 6) is 3.41. The Morgan fingerprint density at radius 2 is 1.00 bits per heavy atom. The molecule has 13 rings (SSSR count). The van der Waals surface area contributed by atoms with E-state index in [0.29, 0.717) is 5.41 Å². The van der Waals surface area contributed by atoms with Crippen LogP contribution in [0.25, 0.3) is 33.4 Å². The lowest BCUT2D eigenvalue weighted by molar-refractivity contribution is -0.231. The van der Waals surface area contributed by atoms with E-state index in [1.165, 1.54) is 124 Å². The van der Waals surface area contributed by atoms with Gasteiger partial charge in [-0.3, -0.25) is 0 Å². The molecular formula is C62H65N. The second-order valence-corrected chi connectivity index (χ2v) is 24.3. The zero-order chi connectivity index (χ0) is 43.1. The van der Waals surface area contributed by atoms with Crippen LogP contribution in [-0.4, -0.2) is 0 Å². The summed E-state index contributed by atoms with van der Waals surface area (Å²) >= 11 is 0. The zero-order valence-electron chi connectivity index (χ0n) is 39.0. The van der Waals surface area contributed by atoms with E-state index < -0.39 is 0 Å². The van der Waals surface area contributed by atoms with Gasteiger partial charge in [0.15, 0.2) is 0 Å². The minimum Gasteiger partial charge on any atom is -0.310 e. The quantitative estimate of drug-likeness (QED) is 0.167. The van der Waals surface area contributed by atoms with E-state index in [4.69, 9.17) is 0 Å². The van der Waals surface area contributed by atoms with Crippen molar-refractivity contribution in [3.05, 3.63) is 161 Å². The summed E-state index contributed by atoms with van der Waals surface area (Å²) in [6.07, 6.45) is 10.7. The van der Waals surface area contributed by atoms with Gasteiger partial charge in [0.2, 0.25) is 0 Å². The Balaban J connectivity index is 1.03. The molecule has 0 heterocycles. The minimum absolute atomic E-state index is 0.0971. The predicted octanol–water partition coefficient (Wildman–Crippen LogP) is 16.5. The Hall–Kier alpha value is -4.88. The van der Waals surface area contributed by atoms with Gasteiger partial charge in [0.1, 0.15) is 0 Å². The van der Waals surface area contributed by atoms with Gasteiger partial charge in [0.05, 0.1) is 5.69 Å². The number of anilines is 3. The van der Waals surface area contributed by atoms with Gasteiger partial charge >= 0.3 is 0 Å². The lowest BCUT2D eigenvalue weighted by atomic mass is 9.27. The Kier molecular flexibility index (Phi) is 7.63. The van der Waals surface area contributed by atoms with Crippen molar-refractivity contribution < 1.29 is 0 Å². The molecule has 0 saturated heterocycles. The first-order valence-corrected chi connectivity index (χ1v) is 24.7. The first-order valence-electron chi connectivity index (χ1n) is 24.7. The van der Waals surface area contributed by atoms with Gasteiger partial charge in [0.25, 0.3) is 0 Å².